The highest BCUT2D eigenvalue weighted by atomic mass is 16.3. The van der Waals surface area contributed by atoms with Crippen molar-refractivity contribution in [2.24, 2.45) is 52.3 Å². The van der Waals surface area contributed by atoms with E-state index in [0.717, 1.165) is 42.4 Å². The number of aliphatic hydroxyl groups excluding tert-OH is 2. The van der Waals surface area contributed by atoms with Crippen molar-refractivity contribution in [1.29, 1.82) is 0 Å². The van der Waals surface area contributed by atoms with Crippen LogP contribution < -0.4 is 0 Å². The van der Waals surface area contributed by atoms with Crippen molar-refractivity contribution < 1.29 is 10.2 Å². The third-order valence-corrected chi connectivity index (χ3v) is 11.4. The van der Waals surface area contributed by atoms with E-state index >= 15 is 0 Å². The second kappa shape index (κ2) is 9.13. The quantitative estimate of drug-likeness (QED) is 0.427. The van der Waals surface area contributed by atoms with Crippen LogP contribution >= 0.6 is 0 Å². The lowest BCUT2D eigenvalue weighted by atomic mass is 9.47. The highest BCUT2D eigenvalue weighted by Crippen LogP contribution is 2.67. The molecule has 0 radical (unpaired) electrons. The maximum Gasteiger partial charge on any atom is 0.0577 e. The molecule has 0 heterocycles. The van der Waals surface area contributed by atoms with E-state index in [9.17, 15) is 10.2 Å². The lowest BCUT2D eigenvalue weighted by molar-refractivity contribution is -0.0576. The second-order valence-corrected chi connectivity index (χ2v) is 12.8. The zero-order valence-electron chi connectivity index (χ0n) is 21.1. The van der Waals surface area contributed by atoms with Gasteiger partial charge in [-0.25, -0.2) is 0 Å². The number of fused-ring (bicyclic) bond motifs is 5. The summed E-state index contributed by atoms with van der Waals surface area (Å²) in [7, 11) is 0. The van der Waals surface area contributed by atoms with Crippen LogP contribution in [0.15, 0.2) is 11.6 Å². The summed E-state index contributed by atoms with van der Waals surface area (Å²) in [5.74, 6) is 5.43. The molecule has 0 aromatic carbocycles. The average molecular weight is 431 g/mol. The minimum atomic E-state index is -0.0954. The molecule has 10 atom stereocenters. The normalized spacial score (nSPS) is 45.1. The standard InChI is InChI=1S/C29H50O2/c1-6-21(20(3)18-30)8-7-19(2)25-11-12-26-24-10-9-22-17-23(31)13-15-28(22,4)27(24)14-16-29(25,26)5/h9,19-21,23-27,30-31H,6-8,10-18H2,1-5H3/t19-,20-,21-,23+,24-,25+,26-,27+,28+,29-/m1/s1. The summed E-state index contributed by atoms with van der Waals surface area (Å²) in [6.07, 6.45) is 16.4. The molecule has 0 saturated heterocycles. The first-order valence-electron chi connectivity index (χ1n) is 13.7. The molecule has 2 heteroatoms. The fourth-order valence-corrected chi connectivity index (χ4v) is 9.34. The minimum absolute atomic E-state index is 0.0954. The monoisotopic (exact) mass is 430 g/mol. The van der Waals surface area contributed by atoms with Gasteiger partial charge in [0, 0.05) is 6.61 Å². The van der Waals surface area contributed by atoms with Crippen LogP contribution in [0.2, 0.25) is 0 Å². The summed E-state index contributed by atoms with van der Waals surface area (Å²) in [5.41, 5.74) is 2.49. The Morgan fingerprint density at radius 3 is 2.52 bits per heavy atom. The molecule has 3 saturated carbocycles. The van der Waals surface area contributed by atoms with Gasteiger partial charge in [-0.2, -0.15) is 0 Å². The van der Waals surface area contributed by atoms with Crippen molar-refractivity contribution >= 4 is 0 Å². The average Bonchev–Trinajstić information content (AvgIpc) is 3.11. The van der Waals surface area contributed by atoms with Gasteiger partial charge in [0.05, 0.1) is 6.10 Å². The zero-order valence-corrected chi connectivity index (χ0v) is 21.1. The van der Waals surface area contributed by atoms with Gasteiger partial charge in [-0.05, 0) is 110 Å². The fraction of sp³-hybridized carbons (Fsp3) is 0.931. The molecule has 2 N–H and O–H groups in total. The van der Waals surface area contributed by atoms with Crippen LogP contribution in [0.25, 0.3) is 0 Å². The summed E-state index contributed by atoms with van der Waals surface area (Å²) in [4.78, 5) is 0. The van der Waals surface area contributed by atoms with Crippen molar-refractivity contribution in [1.82, 2.24) is 0 Å². The molecular formula is C29H50O2. The van der Waals surface area contributed by atoms with E-state index < -0.39 is 0 Å². The van der Waals surface area contributed by atoms with Crippen molar-refractivity contribution in [2.75, 3.05) is 6.61 Å². The first-order chi connectivity index (χ1) is 14.7. The van der Waals surface area contributed by atoms with E-state index in [2.05, 4.69) is 40.7 Å². The SMILES string of the molecule is CC[C@H](CC[C@@H](C)[C@@H]1CC[C@@H]2[C@H]3CC=C4C[C@@H](O)CC[C@]4(C)[C@H]3CC[C@@]21C)[C@H](C)CO. The second-order valence-electron chi connectivity index (χ2n) is 12.8. The Hall–Kier alpha value is -0.340. The molecule has 3 fully saturated rings. The summed E-state index contributed by atoms with van der Waals surface area (Å²) in [5, 5.41) is 19.9. The summed E-state index contributed by atoms with van der Waals surface area (Å²) in [6.45, 7) is 12.6. The Morgan fingerprint density at radius 2 is 1.81 bits per heavy atom. The molecule has 0 aromatic rings. The summed E-state index contributed by atoms with van der Waals surface area (Å²) >= 11 is 0. The fourth-order valence-electron chi connectivity index (χ4n) is 9.34. The molecule has 178 valence electrons. The number of aliphatic hydroxyl groups is 2. The molecule has 0 bridgehead atoms. The Labute approximate surface area is 192 Å². The Bertz CT molecular complexity index is 655. The number of rotatable bonds is 7. The van der Waals surface area contributed by atoms with Gasteiger partial charge in [-0.15, -0.1) is 0 Å². The first kappa shape index (κ1) is 23.8. The van der Waals surface area contributed by atoms with E-state index in [0.29, 0.717) is 29.3 Å². The van der Waals surface area contributed by atoms with Gasteiger partial charge in [-0.3, -0.25) is 0 Å². The third kappa shape index (κ3) is 4.07. The maximum atomic E-state index is 10.2. The van der Waals surface area contributed by atoms with Gasteiger partial charge in [0.1, 0.15) is 0 Å². The molecule has 2 nitrogen and oxygen atoms in total. The van der Waals surface area contributed by atoms with Crippen LogP contribution in [0.1, 0.15) is 105 Å². The summed E-state index contributed by atoms with van der Waals surface area (Å²) in [6, 6.07) is 0. The predicted octanol–water partition coefficient (Wildman–Crippen LogP) is 7.00. The topological polar surface area (TPSA) is 40.5 Å². The Kier molecular flexibility index (Phi) is 7.01. The van der Waals surface area contributed by atoms with Crippen LogP contribution in [0.3, 0.4) is 0 Å². The van der Waals surface area contributed by atoms with Crippen LogP contribution in [0.5, 0.6) is 0 Å². The molecular weight excluding hydrogens is 380 g/mol. The van der Waals surface area contributed by atoms with E-state index in [-0.39, 0.29) is 6.10 Å². The molecule has 4 aliphatic carbocycles. The van der Waals surface area contributed by atoms with Gasteiger partial charge in [-0.1, -0.05) is 59.1 Å². The van der Waals surface area contributed by atoms with Crippen molar-refractivity contribution in [3.05, 3.63) is 11.6 Å². The first-order valence-corrected chi connectivity index (χ1v) is 13.7. The zero-order chi connectivity index (χ0) is 22.4. The van der Waals surface area contributed by atoms with E-state index in [1.807, 2.05) is 0 Å². The lowest BCUT2D eigenvalue weighted by Crippen LogP contribution is -2.50. The van der Waals surface area contributed by atoms with Gasteiger partial charge in [0.25, 0.3) is 0 Å². The molecule has 0 spiro atoms. The van der Waals surface area contributed by atoms with Crippen molar-refractivity contribution in [2.45, 2.75) is 111 Å². The molecule has 0 unspecified atom stereocenters. The minimum Gasteiger partial charge on any atom is -0.396 e. The summed E-state index contributed by atoms with van der Waals surface area (Å²) < 4.78 is 0. The molecule has 31 heavy (non-hydrogen) atoms. The Morgan fingerprint density at radius 1 is 1.03 bits per heavy atom. The predicted molar refractivity (Wildman–Crippen MR) is 130 cm³/mol. The van der Waals surface area contributed by atoms with Gasteiger partial charge < -0.3 is 10.2 Å². The molecule has 0 aromatic heterocycles. The number of hydrogen-bond donors (Lipinski definition) is 2. The van der Waals surface area contributed by atoms with Gasteiger partial charge in [0.2, 0.25) is 0 Å². The molecule has 0 aliphatic heterocycles. The van der Waals surface area contributed by atoms with Gasteiger partial charge in [0.15, 0.2) is 0 Å². The van der Waals surface area contributed by atoms with Crippen LogP contribution in [0, 0.1) is 52.3 Å². The number of allylic oxidation sites excluding steroid dienone is 1. The smallest absolute Gasteiger partial charge is 0.0577 e. The maximum absolute atomic E-state index is 10.2. The van der Waals surface area contributed by atoms with E-state index in [4.69, 9.17) is 0 Å². The van der Waals surface area contributed by atoms with E-state index in [1.54, 1.807) is 5.57 Å². The van der Waals surface area contributed by atoms with Crippen LogP contribution in [-0.2, 0) is 0 Å². The highest BCUT2D eigenvalue weighted by molar-refractivity contribution is 5.25. The molecule has 4 aliphatic rings. The van der Waals surface area contributed by atoms with Crippen LogP contribution in [0.4, 0.5) is 0 Å². The Balaban J connectivity index is 1.46. The van der Waals surface area contributed by atoms with E-state index in [1.165, 1.54) is 57.8 Å². The largest absolute Gasteiger partial charge is 0.396 e. The van der Waals surface area contributed by atoms with Crippen molar-refractivity contribution in [3.8, 4) is 0 Å². The van der Waals surface area contributed by atoms with Crippen molar-refractivity contribution in [3.63, 3.8) is 0 Å². The van der Waals surface area contributed by atoms with Crippen LogP contribution in [-0.4, -0.2) is 22.9 Å². The third-order valence-electron chi connectivity index (χ3n) is 11.4. The van der Waals surface area contributed by atoms with Gasteiger partial charge >= 0.3 is 0 Å². The number of hydrogen-bond acceptors (Lipinski definition) is 2. The highest BCUT2D eigenvalue weighted by Gasteiger charge is 2.59. The molecule has 0 amide bonds. The molecule has 4 rings (SSSR count). The lowest BCUT2D eigenvalue weighted by Gasteiger charge is -2.58.